The molecule has 1 aromatic rings. The number of ether oxygens (including phenoxy) is 1. The van der Waals surface area contributed by atoms with Gasteiger partial charge in [0.05, 0.1) is 10.9 Å². The number of hydrogen-bond donors (Lipinski definition) is 4. The Hall–Kier alpha value is -3.52. The summed E-state index contributed by atoms with van der Waals surface area (Å²) in [6.45, 7) is 8.68. The number of Topliss-reactive ketones (excluding diaryl/α,β-unsaturated/α-hetero) is 1. The summed E-state index contributed by atoms with van der Waals surface area (Å²) in [4.78, 5) is 66.4. The minimum Gasteiger partial charge on any atom is -0.444 e. The monoisotopic (exact) mass is 663 g/mol. The summed E-state index contributed by atoms with van der Waals surface area (Å²) in [5.41, 5.74) is 5.36. The first kappa shape index (κ1) is 36.9. The van der Waals surface area contributed by atoms with Gasteiger partial charge in [0, 0.05) is 12.6 Å². The van der Waals surface area contributed by atoms with Gasteiger partial charge < -0.3 is 26.0 Å². The number of amides is 4. The number of carbonyl (C=O) groups excluding carboxylic acids is 5. The standard InChI is InChI=1S/C32H49N5O8S/c1-6-11-24(27(38)28(33)39)34-29(40)25-18-22(36-46(43,44)23-16-14-20(7-2)15-17-23)19-37(25)30(41)26(21-12-9-8-10-13-21)35-31(42)45-32(3,4)5/h14-17,21-22,24-26,36H,6-13,18-19H2,1-5H3,(H2,33,39)(H,34,40)(H,35,42)/t22?,24?,25-,26-/m0/s1. The lowest BCUT2D eigenvalue weighted by atomic mass is 9.83. The van der Waals surface area contributed by atoms with E-state index in [9.17, 15) is 32.4 Å². The smallest absolute Gasteiger partial charge is 0.408 e. The lowest BCUT2D eigenvalue weighted by Gasteiger charge is -2.35. The molecule has 1 aliphatic heterocycles. The number of nitrogens with one attached hydrogen (secondary N) is 3. The minimum absolute atomic E-state index is 0.0391. The summed E-state index contributed by atoms with van der Waals surface area (Å²) in [7, 11) is -4.03. The van der Waals surface area contributed by atoms with E-state index in [2.05, 4.69) is 15.4 Å². The van der Waals surface area contributed by atoms with Crippen LogP contribution >= 0.6 is 0 Å². The molecule has 1 saturated heterocycles. The molecule has 5 N–H and O–H groups in total. The summed E-state index contributed by atoms with van der Waals surface area (Å²) in [6.07, 6.45) is 4.52. The molecule has 4 amide bonds. The highest BCUT2D eigenvalue weighted by atomic mass is 32.2. The zero-order valence-corrected chi connectivity index (χ0v) is 28.3. The molecule has 2 fully saturated rings. The van der Waals surface area contributed by atoms with Crippen LogP contribution in [0.15, 0.2) is 29.2 Å². The number of benzene rings is 1. The van der Waals surface area contributed by atoms with Crippen molar-refractivity contribution in [2.75, 3.05) is 6.54 Å². The Morgan fingerprint density at radius 3 is 2.17 bits per heavy atom. The molecule has 0 bridgehead atoms. The molecule has 1 aromatic carbocycles. The highest BCUT2D eigenvalue weighted by molar-refractivity contribution is 7.89. The predicted octanol–water partition coefficient (Wildman–Crippen LogP) is 2.31. The normalized spacial score (nSPS) is 20.4. The molecular formula is C32H49N5O8S. The van der Waals surface area contributed by atoms with Crippen molar-refractivity contribution in [3.05, 3.63) is 29.8 Å². The first-order valence-corrected chi connectivity index (χ1v) is 17.6. The fraction of sp³-hybridized carbons (Fsp3) is 0.656. The predicted molar refractivity (Wildman–Crippen MR) is 171 cm³/mol. The number of rotatable bonds is 13. The number of carbonyl (C=O) groups is 5. The third-order valence-corrected chi connectivity index (χ3v) is 9.90. The van der Waals surface area contributed by atoms with E-state index < -0.39 is 69.4 Å². The van der Waals surface area contributed by atoms with Crippen LogP contribution in [0.3, 0.4) is 0 Å². The van der Waals surface area contributed by atoms with Crippen molar-refractivity contribution in [3.63, 3.8) is 0 Å². The largest absolute Gasteiger partial charge is 0.444 e. The highest BCUT2D eigenvalue weighted by Gasteiger charge is 2.46. The average Bonchev–Trinajstić information content (AvgIpc) is 3.41. The first-order chi connectivity index (χ1) is 21.6. The van der Waals surface area contributed by atoms with E-state index >= 15 is 0 Å². The molecule has 1 heterocycles. The molecule has 256 valence electrons. The minimum atomic E-state index is -4.03. The van der Waals surface area contributed by atoms with Crippen molar-refractivity contribution in [3.8, 4) is 0 Å². The van der Waals surface area contributed by atoms with Gasteiger partial charge in [-0.05, 0) is 76.5 Å². The lowest BCUT2D eigenvalue weighted by molar-refractivity contribution is -0.143. The van der Waals surface area contributed by atoms with E-state index in [0.717, 1.165) is 31.2 Å². The van der Waals surface area contributed by atoms with E-state index in [1.165, 1.54) is 17.0 Å². The Morgan fingerprint density at radius 1 is 1.00 bits per heavy atom. The molecule has 4 atom stereocenters. The summed E-state index contributed by atoms with van der Waals surface area (Å²) in [5.74, 6) is -3.67. The molecule has 0 spiro atoms. The number of aryl methyl sites for hydroxylation is 1. The van der Waals surface area contributed by atoms with Gasteiger partial charge in [-0.1, -0.05) is 51.7 Å². The van der Waals surface area contributed by atoms with Crippen LogP contribution in [0.5, 0.6) is 0 Å². The van der Waals surface area contributed by atoms with E-state index in [1.54, 1.807) is 39.8 Å². The second kappa shape index (κ2) is 15.9. The number of nitrogens with zero attached hydrogens (tertiary/aromatic N) is 1. The van der Waals surface area contributed by atoms with Crippen LogP contribution in [0.2, 0.25) is 0 Å². The van der Waals surface area contributed by atoms with E-state index in [4.69, 9.17) is 10.5 Å². The number of ketones is 1. The van der Waals surface area contributed by atoms with Crippen LogP contribution < -0.4 is 21.1 Å². The molecule has 14 heteroatoms. The van der Waals surface area contributed by atoms with Crippen molar-refractivity contribution >= 4 is 39.6 Å². The van der Waals surface area contributed by atoms with Crippen molar-refractivity contribution in [2.24, 2.45) is 11.7 Å². The van der Waals surface area contributed by atoms with Gasteiger partial charge in [0.15, 0.2) is 0 Å². The van der Waals surface area contributed by atoms with Crippen LogP contribution in [0.25, 0.3) is 0 Å². The number of likely N-dealkylation sites (tertiary alicyclic amines) is 1. The summed E-state index contributed by atoms with van der Waals surface area (Å²) in [6, 6.07) is 2.14. The molecule has 1 aliphatic carbocycles. The van der Waals surface area contributed by atoms with E-state index in [-0.39, 0.29) is 30.2 Å². The Morgan fingerprint density at radius 2 is 1.63 bits per heavy atom. The SMILES string of the molecule is CCCC(NC(=O)[C@@H]1CC(NS(=O)(=O)c2ccc(CC)cc2)CN1C(=O)[C@@H](NC(=O)OC(C)(C)C)C1CCCCC1)C(=O)C(N)=O. The van der Waals surface area contributed by atoms with Crippen molar-refractivity contribution in [2.45, 2.75) is 127 Å². The molecule has 3 rings (SSSR count). The first-order valence-electron chi connectivity index (χ1n) is 16.1. The lowest BCUT2D eigenvalue weighted by Crippen LogP contribution is -2.58. The summed E-state index contributed by atoms with van der Waals surface area (Å²) in [5, 5.41) is 5.31. The van der Waals surface area contributed by atoms with Gasteiger partial charge in [-0.15, -0.1) is 0 Å². The van der Waals surface area contributed by atoms with Gasteiger partial charge in [-0.2, -0.15) is 0 Å². The number of alkyl carbamates (subject to hydrolysis) is 1. The molecule has 1 saturated carbocycles. The van der Waals surface area contributed by atoms with Crippen molar-refractivity contribution in [1.82, 2.24) is 20.3 Å². The zero-order valence-electron chi connectivity index (χ0n) is 27.5. The highest BCUT2D eigenvalue weighted by Crippen LogP contribution is 2.30. The van der Waals surface area contributed by atoms with Gasteiger partial charge in [-0.25, -0.2) is 17.9 Å². The summed E-state index contributed by atoms with van der Waals surface area (Å²) < 4.78 is 34.8. The fourth-order valence-corrected chi connectivity index (χ4v) is 7.30. The van der Waals surface area contributed by atoms with Crippen LogP contribution in [-0.2, 0) is 40.4 Å². The van der Waals surface area contributed by atoms with Crippen LogP contribution in [0.1, 0.15) is 91.5 Å². The topological polar surface area (TPSA) is 194 Å². The van der Waals surface area contributed by atoms with Gasteiger partial charge in [-0.3, -0.25) is 19.2 Å². The second-order valence-corrected chi connectivity index (χ2v) is 14.9. The van der Waals surface area contributed by atoms with Gasteiger partial charge in [0.2, 0.25) is 27.6 Å². The van der Waals surface area contributed by atoms with Gasteiger partial charge >= 0.3 is 6.09 Å². The Kier molecular flexibility index (Phi) is 12.7. The molecule has 0 aromatic heterocycles. The van der Waals surface area contributed by atoms with E-state index in [0.29, 0.717) is 19.3 Å². The summed E-state index contributed by atoms with van der Waals surface area (Å²) >= 11 is 0. The third kappa shape index (κ3) is 9.99. The number of primary amides is 1. The van der Waals surface area contributed by atoms with Crippen molar-refractivity contribution < 1.29 is 37.1 Å². The Labute approximate surface area is 271 Å². The molecular weight excluding hydrogens is 614 g/mol. The molecule has 13 nitrogen and oxygen atoms in total. The second-order valence-electron chi connectivity index (χ2n) is 13.2. The van der Waals surface area contributed by atoms with Gasteiger partial charge in [0.25, 0.3) is 5.91 Å². The van der Waals surface area contributed by atoms with Crippen LogP contribution in [0.4, 0.5) is 4.79 Å². The maximum atomic E-state index is 14.3. The zero-order chi connectivity index (χ0) is 34.2. The molecule has 0 radical (unpaired) electrons. The maximum Gasteiger partial charge on any atom is 0.408 e. The number of hydrogen-bond acceptors (Lipinski definition) is 8. The maximum absolute atomic E-state index is 14.3. The van der Waals surface area contributed by atoms with Crippen molar-refractivity contribution in [1.29, 1.82) is 0 Å². The Bertz CT molecular complexity index is 1370. The van der Waals surface area contributed by atoms with Gasteiger partial charge in [0.1, 0.15) is 17.7 Å². The fourth-order valence-electron chi connectivity index (χ4n) is 6.06. The Balaban J connectivity index is 1.94. The average molecular weight is 664 g/mol. The molecule has 46 heavy (non-hydrogen) atoms. The van der Waals surface area contributed by atoms with E-state index in [1.807, 2.05) is 6.92 Å². The van der Waals surface area contributed by atoms with Crippen LogP contribution in [0, 0.1) is 5.92 Å². The quantitative estimate of drug-likeness (QED) is 0.231. The number of sulfonamides is 1. The molecule has 2 unspecified atom stereocenters. The third-order valence-electron chi connectivity index (χ3n) is 8.36. The number of nitrogens with two attached hydrogens (primary N) is 1. The van der Waals surface area contributed by atoms with Crippen LogP contribution in [-0.4, -0.2) is 79.2 Å². The molecule has 2 aliphatic rings.